The van der Waals surface area contributed by atoms with Gasteiger partial charge in [0, 0.05) is 12.5 Å². The molecule has 1 heterocycles. The van der Waals surface area contributed by atoms with Crippen LogP contribution in [0.1, 0.15) is 25.3 Å². The van der Waals surface area contributed by atoms with E-state index in [9.17, 15) is 14.0 Å². The topological polar surface area (TPSA) is 55.8 Å². The molecule has 5 nitrogen and oxygen atoms in total. The number of hydrogen-bond donors (Lipinski definition) is 0. The minimum absolute atomic E-state index is 0.00284. The summed E-state index contributed by atoms with van der Waals surface area (Å²) in [6.07, 6.45) is 0.0169. The van der Waals surface area contributed by atoms with Crippen LogP contribution in [0, 0.1) is 5.92 Å². The van der Waals surface area contributed by atoms with E-state index in [4.69, 9.17) is 9.47 Å². The largest absolute Gasteiger partial charge is 0.466 e. The molecule has 2 rings (SSSR count). The van der Waals surface area contributed by atoms with E-state index in [0.717, 1.165) is 5.56 Å². The quantitative estimate of drug-likeness (QED) is 0.755. The van der Waals surface area contributed by atoms with Crippen molar-refractivity contribution in [3.8, 4) is 0 Å². The van der Waals surface area contributed by atoms with E-state index >= 15 is 0 Å². The summed E-state index contributed by atoms with van der Waals surface area (Å²) < 4.78 is 23.3. The van der Waals surface area contributed by atoms with E-state index in [2.05, 4.69) is 0 Å². The number of nitrogens with zero attached hydrogens (tertiary/aromatic N) is 1. The number of amides is 1. The number of carbonyl (C=O) groups excluding carboxylic acids is 2. The van der Waals surface area contributed by atoms with Crippen LogP contribution in [0.4, 0.5) is 9.18 Å². The number of halogens is 1. The summed E-state index contributed by atoms with van der Waals surface area (Å²) in [5.74, 6) is -0.762. The van der Waals surface area contributed by atoms with Gasteiger partial charge in [0.1, 0.15) is 6.61 Å². The van der Waals surface area contributed by atoms with Gasteiger partial charge in [-0.15, -0.1) is 0 Å². The fraction of sp³-hybridized carbons (Fsp3) is 0.529. The van der Waals surface area contributed by atoms with E-state index < -0.39 is 24.8 Å². The molecule has 0 N–H and O–H groups in total. The molecular formula is C17H22FNO4. The van der Waals surface area contributed by atoms with Crippen LogP contribution in [-0.4, -0.2) is 42.8 Å². The van der Waals surface area contributed by atoms with Crippen molar-refractivity contribution in [3.05, 3.63) is 35.9 Å². The molecule has 6 heteroatoms. The third-order valence-electron chi connectivity index (χ3n) is 4.00. The number of likely N-dealkylation sites (tertiary alicyclic amines) is 1. The molecule has 1 saturated heterocycles. The van der Waals surface area contributed by atoms with Gasteiger partial charge in [0.15, 0.2) is 0 Å². The normalized spacial score (nSPS) is 20.3. The molecule has 1 fully saturated rings. The number of ether oxygens (including phenoxy) is 2. The third-order valence-corrected chi connectivity index (χ3v) is 4.00. The summed E-state index contributed by atoms with van der Waals surface area (Å²) >= 11 is 0. The van der Waals surface area contributed by atoms with Gasteiger partial charge in [-0.05, 0) is 18.9 Å². The van der Waals surface area contributed by atoms with Crippen molar-refractivity contribution in [3.63, 3.8) is 0 Å². The predicted molar refractivity (Wildman–Crippen MR) is 82.5 cm³/mol. The average molecular weight is 323 g/mol. The maximum Gasteiger partial charge on any atom is 0.410 e. The molecule has 0 aliphatic carbocycles. The molecule has 0 saturated carbocycles. The second kappa shape index (κ2) is 8.50. The molecule has 1 aromatic rings. The lowest BCUT2D eigenvalue weighted by Crippen LogP contribution is -2.40. The molecule has 2 atom stereocenters. The van der Waals surface area contributed by atoms with Gasteiger partial charge in [-0.1, -0.05) is 30.3 Å². The van der Waals surface area contributed by atoms with E-state index in [1.807, 2.05) is 30.3 Å². The first-order valence-corrected chi connectivity index (χ1v) is 7.84. The molecule has 0 radical (unpaired) electrons. The maximum absolute atomic E-state index is 13.1. The first kappa shape index (κ1) is 17.2. The SMILES string of the molecule is CCOC(=O)C[C@H]1[C@H](CF)CCN1C(=O)OCc1ccccc1. The Labute approximate surface area is 135 Å². The minimum atomic E-state index is -0.563. The number of carbonyl (C=O) groups is 2. The van der Waals surface area contributed by atoms with Gasteiger partial charge >= 0.3 is 12.1 Å². The van der Waals surface area contributed by atoms with Crippen molar-refractivity contribution in [2.75, 3.05) is 19.8 Å². The molecule has 0 bridgehead atoms. The first-order valence-electron chi connectivity index (χ1n) is 7.84. The Morgan fingerprint density at radius 2 is 2.00 bits per heavy atom. The zero-order valence-electron chi connectivity index (χ0n) is 13.2. The average Bonchev–Trinajstić information content (AvgIpc) is 2.96. The van der Waals surface area contributed by atoms with Crippen LogP contribution in [0.2, 0.25) is 0 Å². The van der Waals surface area contributed by atoms with Crippen molar-refractivity contribution in [2.45, 2.75) is 32.4 Å². The van der Waals surface area contributed by atoms with E-state index in [1.165, 1.54) is 4.90 Å². The zero-order valence-corrected chi connectivity index (χ0v) is 13.2. The lowest BCUT2D eigenvalue weighted by molar-refractivity contribution is -0.144. The number of esters is 1. The molecule has 1 aliphatic heterocycles. The van der Waals surface area contributed by atoms with Gasteiger partial charge in [-0.25, -0.2) is 4.79 Å². The van der Waals surface area contributed by atoms with Gasteiger partial charge in [-0.3, -0.25) is 9.18 Å². The van der Waals surface area contributed by atoms with E-state index in [0.29, 0.717) is 13.0 Å². The highest BCUT2D eigenvalue weighted by molar-refractivity contribution is 5.73. The molecule has 1 aromatic carbocycles. The molecular weight excluding hydrogens is 301 g/mol. The highest BCUT2D eigenvalue weighted by atomic mass is 19.1. The third kappa shape index (κ3) is 4.68. The van der Waals surface area contributed by atoms with Crippen LogP contribution in [0.15, 0.2) is 30.3 Å². The Morgan fingerprint density at radius 1 is 1.26 bits per heavy atom. The fourth-order valence-corrected chi connectivity index (χ4v) is 2.79. The standard InChI is InChI=1S/C17H22FNO4/c1-2-22-16(20)10-15-14(11-18)8-9-19(15)17(21)23-12-13-6-4-3-5-7-13/h3-7,14-15H,2,8-12H2,1H3/t14-,15-/m0/s1. The van der Waals surface area contributed by atoms with E-state index in [-0.39, 0.29) is 25.6 Å². The van der Waals surface area contributed by atoms with Crippen LogP contribution in [0.5, 0.6) is 0 Å². The van der Waals surface area contributed by atoms with Crippen molar-refractivity contribution in [1.82, 2.24) is 4.90 Å². The van der Waals surface area contributed by atoms with Crippen LogP contribution in [0.25, 0.3) is 0 Å². The van der Waals surface area contributed by atoms with Crippen molar-refractivity contribution < 1.29 is 23.5 Å². The van der Waals surface area contributed by atoms with Crippen molar-refractivity contribution >= 4 is 12.1 Å². The number of rotatable bonds is 6. The summed E-state index contributed by atoms with van der Waals surface area (Å²) in [7, 11) is 0. The minimum Gasteiger partial charge on any atom is -0.466 e. The van der Waals surface area contributed by atoms with Gasteiger partial charge in [-0.2, -0.15) is 0 Å². The Kier molecular flexibility index (Phi) is 6.38. The van der Waals surface area contributed by atoms with Gasteiger partial charge in [0.05, 0.1) is 25.7 Å². The van der Waals surface area contributed by atoms with Gasteiger partial charge in [0.2, 0.25) is 0 Å². The lowest BCUT2D eigenvalue weighted by Gasteiger charge is -2.26. The van der Waals surface area contributed by atoms with Crippen LogP contribution < -0.4 is 0 Å². The highest BCUT2D eigenvalue weighted by Gasteiger charge is 2.39. The van der Waals surface area contributed by atoms with Crippen molar-refractivity contribution in [1.29, 1.82) is 0 Å². The Hall–Kier alpha value is -2.11. The molecule has 0 aromatic heterocycles. The summed E-state index contributed by atoms with van der Waals surface area (Å²) in [5, 5.41) is 0. The second-order valence-electron chi connectivity index (χ2n) is 5.51. The molecule has 0 spiro atoms. The highest BCUT2D eigenvalue weighted by Crippen LogP contribution is 2.28. The Morgan fingerprint density at radius 3 is 2.65 bits per heavy atom. The molecule has 0 unspecified atom stereocenters. The van der Waals surface area contributed by atoms with E-state index in [1.54, 1.807) is 6.92 Å². The van der Waals surface area contributed by atoms with Gasteiger partial charge < -0.3 is 14.4 Å². The van der Waals surface area contributed by atoms with Gasteiger partial charge in [0.25, 0.3) is 0 Å². The molecule has 23 heavy (non-hydrogen) atoms. The second-order valence-corrected chi connectivity index (χ2v) is 5.51. The molecule has 1 aliphatic rings. The Balaban J connectivity index is 1.95. The summed E-state index contributed by atoms with van der Waals surface area (Å²) in [5.41, 5.74) is 0.879. The fourth-order valence-electron chi connectivity index (χ4n) is 2.79. The number of benzene rings is 1. The smallest absolute Gasteiger partial charge is 0.410 e. The monoisotopic (exact) mass is 323 g/mol. The maximum atomic E-state index is 13.1. The Bertz CT molecular complexity index is 523. The van der Waals surface area contributed by atoms with Crippen LogP contribution >= 0.6 is 0 Å². The van der Waals surface area contributed by atoms with Crippen molar-refractivity contribution in [2.24, 2.45) is 5.92 Å². The molecule has 126 valence electrons. The summed E-state index contributed by atoms with van der Waals surface area (Å²) in [6.45, 7) is 1.97. The summed E-state index contributed by atoms with van der Waals surface area (Å²) in [6, 6.07) is 8.83. The van der Waals surface area contributed by atoms with Crippen LogP contribution in [0.3, 0.4) is 0 Å². The summed E-state index contributed by atoms with van der Waals surface area (Å²) in [4.78, 5) is 25.4. The lowest BCUT2D eigenvalue weighted by atomic mass is 9.99. The zero-order chi connectivity index (χ0) is 16.7. The number of hydrogen-bond acceptors (Lipinski definition) is 4. The van der Waals surface area contributed by atoms with Crippen LogP contribution in [-0.2, 0) is 20.9 Å². The molecule has 1 amide bonds. The first-order chi connectivity index (χ1) is 11.2. The predicted octanol–water partition coefficient (Wildman–Crippen LogP) is 2.94. The number of alkyl halides is 1.